The van der Waals surface area contributed by atoms with Gasteiger partial charge in [0, 0.05) is 12.6 Å². The molecule has 0 aliphatic heterocycles. The van der Waals surface area contributed by atoms with Gasteiger partial charge in [0.25, 0.3) is 5.91 Å². The normalized spacial score (nSPS) is 10.7. The SMILES string of the molecule is CCCCCCCCCNC(=O)c1cc(Cl)c(-n2cnnn2)cc1OC. The van der Waals surface area contributed by atoms with Crippen molar-refractivity contribution in [3.05, 3.63) is 29.0 Å². The van der Waals surface area contributed by atoms with Crippen LogP contribution < -0.4 is 10.1 Å². The van der Waals surface area contributed by atoms with E-state index in [4.69, 9.17) is 16.3 Å². The van der Waals surface area contributed by atoms with E-state index in [-0.39, 0.29) is 5.91 Å². The fourth-order valence-electron chi connectivity index (χ4n) is 2.72. The molecule has 7 nitrogen and oxygen atoms in total. The number of unbranched alkanes of at least 4 members (excludes halogenated alkanes) is 6. The second-order valence-corrected chi connectivity index (χ2v) is 6.54. The Hall–Kier alpha value is -2.15. The van der Waals surface area contributed by atoms with Crippen molar-refractivity contribution < 1.29 is 9.53 Å². The zero-order valence-corrected chi connectivity index (χ0v) is 16.1. The largest absolute Gasteiger partial charge is 0.496 e. The molecule has 1 amide bonds. The average Bonchev–Trinajstić information content (AvgIpc) is 3.18. The van der Waals surface area contributed by atoms with Gasteiger partial charge in [0.05, 0.1) is 23.4 Å². The van der Waals surface area contributed by atoms with Gasteiger partial charge in [-0.1, -0.05) is 57.0 Å². The summed E-state index contributed by atoms with van der Waals surface area (Å²) in [5.41, 5.74) is 0.953. The zero-order valence-electron chi connectivity index (χ0n) is 15.4. The van der Waals surface area contributed by atoms with E-state index in [9.17, 15) is 4.79 Å². The summed E-state index contributed by atoms with van der Waals surface area (Å²) in [6.07, 6.45) is 9.87. The summed E-state index contributed by atoms with van der Waals surface area (Å²) in [6.45, 7) is 2.85. The van der Waals surface area contributed by atoms with Crippen LogP contribution in [0, 0.1) is 0 Å². The highest BCUT2D eigenvalue weighted by atomic mass is 35.5. The van der Waals surface area contributed by atoms with Crippen molar-refractivity contribution in [3.63, 3.8) is 0 Å². The van der Waals surface area contributed by atoms with Crippen LogP contribution in [0.2, 0.25) is 5.02 Å². The number of nitrogens with one attached hydrogen (secondary N) is 1. The number of amides is 1. The third-order valence-electron chi connectivity index (χ3n) is 4.18. The van der Waals surface area contributed by atoms with E-state index in [0.29, 0.717) is 28.6 Å². The lowest BCUT2D eigenvalue weighted by Gasteiger charge is -2.12. The Morgan fingerprint density at radius 1 is 1.19 bits per heavy atom. The van der Waals surface area contributed by atoms with E-state index in [2.05, 4.69) is 27.8 Å². The van der Waals surface area contributed by atoms with Crippen molar-refractivity contribution in [2.75, 3.05) is 13.7 Å². The zero-order chi connectivity index (χ0) is 18.8. The van der Waals surface area contributed by atoms with Crippen LogP contribution in [0.15, 0.2) is 18.5 Å². The molecule has 0 bridgehead atoms. The molecule has 0 aliphatic rings. The number of carbonyl (C=O) groups is 1. The Bertz CT molecular complexity index is 691. The minimum atomic E-state index is -0.196. The van der Waals surface area contributed by atoms with Crippen LogP contribution in [-0.2, 0) is 0 Å². The highest BCUT2D eigenvalue weighted by Crippen LogP contribution is 2.29. The van der Waals surface area contributed by atoms with Crippen LogP contribution in [-0.4, -0.2) is 39.8 Å². The quantitative estimate of drug-likeness (QED) is 0.600. The van der Waals surface area contributed by atoms with E-state index in [1.54, 1.807) is 12.1 Å². The lowest BCUT2D eigenvalue weighted by atomic mass is 10.1. The number of methoxy groups -OCH3 is 1. The number of rotatable bonds is 11. The number of hydrogen-bond acceptors (Lipinski definition) is 5. The van der Waals surface area contributed by atoms with Gasteiger partial charge < -0.3 is 10.1 Å². The van der Waals surface area contributed by atoms with Crippen molar-refractivity contribution in [2.45, 2.75) is 51.9 Å². The maximum Gasteiger partial charge on any atom is 0.255 e. The maximum atomic E-state index is 12.5. The fourth-order valence-corrected chi connectivity index (χ4v) is 2.97. The van der Waals surface area contributed by atoms with Gasteiger partial charge in [-0.15, -0.1) is 5.10 Å². The number of carbonyl (C=O) groups excluding carboxylic acids is 1. The molecule has 0 spiro atoms. The van der Waals surface area contributed by atoms with Gasteiger partial charge in [0.2, 0.25) is 0 Å². The first-order chi connectivity index (χ1) is 12.7. The average molecular weight is 380 g/mol. The highest BCUT2D eigenvalue weighted by Gasteiger charge is 2.17. The minimum Gasteiger partial charge on any atom is -0.496 e. The van der Waals surface area contributed by atoms with Crippen molar-refractivity contribution in [3.8, 4) is 11.4 Å². The van der Waals surface area contributed by atoms with Crippen LogP contribution in [0.1, 0.15) is 62.2 Å². The summed E-state index contributed by atoms with van der Waals surface area (Å²) in [4.78, 5) is 12.5. The predicted octanol–water partition coefficient (Wildman–Crippen LogP) is 3.80. The van der Waals surface area contributed by atoms with Gasteiger partial charge in [-0.25, -0.2) is 0 Å². The summed E-state index contributed by atoms with van der Waals surface area (Å²) < 4.78 is 6.76. The highest BCUT2D eigenvalue weighted by molar-refractivity contribution is 6.33. The third-order valence-corrected chi connectivity index (χ3v) is 4.48. The summed E-state index contributed by atoms with van der Waals surface area (Å²) in [5, 5.41) is 14.3. The van der Waals surface area contributed by atoms with Crippen molar-refractivity contribution in [2.24, 2.45) is 0 Å². The molecule has 1 aromatic carbocycles. The first-order valence-electron chi connectivity index (χ1n) is 9.06. The molecule has 0 atom stereocenters. The molecule has 142 valence electrons. The molecule has 0 saturated carbocycles. The molecule has 2 aromatic rings. The summed E-state index contributed by atoms with van der Waals surface area (Å²) in [7, 11) is 1.51. The van der Waals surface area contributed by atoms with Gasteiger partial charge in [-0.05, 0) is 22.9 Å². The Labute approximate surface area is 159 Å². The van der Waals surface area contributed by atoms with Crippen molar-refractivity contribution in [1.82, 2.24) is 25.5 Å². The van der Waals surface area contributed by atoms with Gasteiger partial charge in [-0.2, -0.15) is 4.68 Å². The molecule has 1 N–H and O–H groups in total. The number of aromatic nitrogens is 4. The van der Waals surface area contributed by atoms with E-state index >= 15 is 0 Å². The number of halogens is 1. The number of hydrogen-bond donors (Lipinski definition) is 1. The van der Waals surface area contributed by atoms with Crippen molar-refractivity contribution in [1.29, 1.82) is 0 Å². The lowest BCUT2D eigenvalue weighted by Crippen LogP contribution is -2.25. The Balaban J connectivity index is 1.89. The molecule has 8 heteroatoms. The number of ether oxygens (including phenoxy) is 1. The minimum absolute atomic E-state index is 0.196. The molecule has 0 unspecified atom stereocenters. The second kappa shape index (κ2) is 10.8. The topological polar surface area (TPSA) is 81.9 Å². The van der Waals surface area contributed by atoms with Gasteiger partial charge in [-0.3, -0.25) is 4.79 Å². The van der Waals surface area contributed by atoms with Crippen LogP contribution in [0.4, 0.5) is 0 Å². The van der Waals surface area contributed by atoms with Crippen LogP contribution in [0.5, 0.6) is 5.75 Å². The maximum absolute atomic E-state index is 12.5. The lowest BCUT2D eigenvalue weighted by molar-refractivity contribution is 0.0950. The van der Waals surface area contributed by atoms with E-state index in [1.807, 2.05) is 0 Å². The van der Waals surface area contributed by atoms with Crippen LogP contribution in [0.25, 0.3) is 5.69 Å². The Morgan fingerprint density at radius 2 is 1.92 bits per heavy atom. The first kappa shape index (κ1) is 20.2. The molecule has 0 radical (unpaired) electrons. The molecular formula is C18H26ClN5O2. The number of nitrogens with zero attached hydrogens (tertiary/aromatic N) is 4. The number of benzene rings is 1. The monoisotopic (exact) mass is 379 g/mol. The molecule has 1 heterocycles. The standard InChI is InChI=1S/C18H26ClN5O2/c1-3-4-5-6-7-8-9-10-20-18(25)14-11-15(19)16(12-17(14)26-2)24-13-21-22-23-24/h11-13H,3-10H2,1-2H3,(H,20,25). The van der Waals surface area contributed by atoms with E-state index in [0.717, 1.165) is 12.8 Å². The Morgan fingerprint density at radius 3 is 2.58 bits per heavy atom. The van der Waals surface area contributed by atoms with E-state index < -0.39 is 0 Å². The Kier molecular flexibility index (Phi) is 8.34. The summed E-state index contributed by atoms with van der Waals surface area (Å²) in [5.74, 6) is 0.231. The molecule has 0 aliphatic carbocycles. The molecule has 0 saturated heterocycles. The van der Waals surface area contributed by atoms with Crippen LogP contribution >= 0.6 is 11.6 Å². The summed E-state index contributed by atoms with van der Waals surface area (Å²) >= 11 is 6.29. The smallest absolute Gasteiger partial charge is 0.255 e. The molecule has 0 fully saturated rings. The number of tetrazole rings is 1. The van der Waals surface area contributed by atoms with Crippen LogP contribution in [0.3, 0.4) is 0 Å². The van der Waals surface area contributed by atoms with E-state index in [1.165, 1.54) is 50.2 Å². The molecule has 26 heavy (non-hydrogen) atoms. The first-order valence-corrected chi connectivity index (χ1v) is 9.44. The van der Waals surface area contributed by atoms with Gasteiger partial charge in [0.1, 0.15) is 12.1 Å². The van der Waals surface area contributed by atoms with Gasteiger partial charge in [0.15, 0.2) is 0 Å². The van der Waals surface area contributed by atoms with Crippen molar-refractivity contribution >= 4 is 17.5 Å². The fraction of sp³-hybridized carbons (Fsp3) is 0.556. The predicted molar refractivity (Wildman–Crippen MR) is 101 cm³/mol. The van der Waals surface area contributed by atoms with Gasteiger partial charge >= 0.3 is 0 Å². The second-order valence-electron chi connectivity index (χ2n) is 6.14. The molecular weight excluding hydrogens is 354 g/mol. The molecule has 1 aromatic heterocycles. The summed E-state index contributed by atoms with van der Waals surface area (Å²) in [6, 6.07) is 3.23. The molecule has 2 rings (SSSR count). The third kappa shape index (κ3) is 5.69.